The number of hydrogen-bond donors (Lipinski definition) is 1. The lowest BCUT2D eigenvalue weighted by Crippen LogP contribution is -2.24. The first-order valence-electron chi connectivity index (χ1n) is 7.00. The highest BCUT2D eigenvalue weighted by atomic mass is 15.1. The van der Waals surface area contributed by atoms with Gasteiger partial charge in [0.1, 0.15) is 0 Å². The molecule has 0 atom stereocenters. The highest BCUT2D eigenvalue weighted by molar-refractivity contribution is 5.02. The van der Waals surface area contributed by atoms with Crippen molar-refractivity contribution in [1.82, 2.24) is 15.2 Å². The molecule has 102 valence electrons. The van der Waals surface area contributed by atoms with Crippen LogP contribution in [0.25, 0.3) is 0 Å². The highest BCUT2D eigenvalue weighted by Crippen LogP contribution is 2.02. The van der Waals surface area contributed by atoms with Gasteiger partial charge in [0.05, 0.1) is 5.69 Å². The standard InChI is InChI=1S/C15H27N3/c1-14(2)16-10-6-4-8-12-18(3)13-15-9-5-7-11-17-15/h5,7,9,11,14,16H,4,6,8,10,12-13H2,1-3H3. The molecule has 3 heteroatoms. The van der Waals surface area contributed by atoms with E-state index in [1.54, 1.807) is 0 Å². The zero-order valence-corrected chi connectivity index (χ0v) is 12.0. The van der Waals surface area contributed by atoms with Gasteiger partial charge in [-0.05, 0) is 45.1 Å². The second-order valence-corrected chi connectivity index (χ2v) is 5.23. The van der Waals surface area contributed by atoms with Crippen LogP contribution in [0, 0.1) is 0 Å². The summed E-state index contributed by atoms with van der Waals surface area (Å²) in [5, 5.41) is 3.45. The van der Waals surface area contributed by atoms with Crippen LogP contribution >= 0.6 is 0 Å². The molecule has 0 aliphatic carbocycles. The quantitative estimate of drug-likeness (QED) is 0.682. The first-order valence-corrected chi connectivity index (χ1v) is 7.00. The van der Waals surface area contributed by atoms with E-state index in [0.717, 1.165) is 25.3 Å². The van der Waals surface area contributed by atoms with E-state index >= 15 is 0 Å². The van der Waals surface area contributed by atoms with Crippen molar-refractivity contribution in [3.63, 3.8) is 0 Å². The van der Waals surface area contributed by atoms with E-state index in [-0.39, 0.29) is 0 Å². The number of unbranched alkanes of at least 4 members (excludes halogenated alkanes) is 2. The topological polar surface area (TPSA) is 28.2 Å². The van der Waals surface area contributed by atoms with Gasteiger partial charge in [-0.15, -0.1) is 0 Å². The van der Waals surface area contributed by atoms with E-state index < -0.39 is 0 Å². The average molecular weight is 249 g/mol. The molecule has 0 radical (unpaired) electrons. The van der Waals surface area contributed by atoms with Crippen molar-refractivity contribution < 1.29 is 0 Å². The van der Waals surface area contributed by atoms with Crippen molar-refractivity contribution in [2.75, 3.05) is 20.1 Å². The number of rotatable bonds is 9. The van der Waals surface area contributed by atoms with E-state index in [4.69, 9.17) is 0 Å². The normalized spacial score (nSPS) is 11.4. The molecule has 0 aliphatic heterocycles. The van der Waals surface area contributed by atoms with E-state index in [2.05, 4.69) is 42.2 Å². The predicted octanol–water partition coefficient (Wildman–Crippen LogP) is 2.68. The summed E-state index contributed by atoms with van der Waals surface area (Å²) in [4.78, 5) is 6.69. The lowest BCUT2D eigenvalue weighted by Gasteiger charge is -2.16. The Balaban J connectivity index is 2.02. The third-order valence-electron chi connectivity index (χ3n) is 2.93. The van der Waals surface area contributed by atoms with Crippen LogP contribution < -0.4 is 5.32 Å². The van der Waals surface area contributed by atoms with Gasteiger partial charge in [-0.3, -0.25) is 4.98 Å². The summed E-state index contributed by atoms with van der Waals surface area (Å²) in [7, 11) is 2.17. The van der Waals surface area contributed by atoms with Gasteiger partial charge in [0.2, 0.25) is 0 Å². The smallest absolute Gasteiger partial charge is 0.0543 e. The van der Waals surface area contributed by atoms with Gasteiger partial charge in [0.25, 0.3) is 0 Å². The Morgan fingerprint density at radius 2 is 2.06 bits per heavy atom. The van der Waals surface area contributed by atoms with Crippen molar-refractivity contribution in [2.24, 2.45) is 0 Å². The fourth-order valence-corrected chi connectivity index (χ4v) is 1.92. The molecule has 0 aliphatic rings. The Kier molecular flexibility index (Phi) is 7.62. The highest BCUT2D eigenvalue weighted by Gasteiger charge is 2.00. The van der Waals surface area contributed by atoms with Gasteiger partial charge in [-0.25, -0.2) is 0 Å². The van der Waals surface area contributed by atoms with Crippen molar-refractivity contribution in [3.8, 4) is 0 Å². The second kappa shape index (κ2) is 9.06. The Labute approximate surface area is 112 Å². The number of pyridine rings is 1. The number of nitrogens with zero attached hydrogens (tertiary/aromatic N) is 2. The minimum Gasteiger partial charge on any atom is -0.315 e. The molecule has 1 aromatic rings. The molecule has 0 amide bonds. The fourth-order valence-electron chi connectivity index (χ4n) is 1.92. The molecule has 0 unspecified atom stereocenters. The molecule has 0 saturated carbocycles. The average Bonchev–Trinajstić information content (AvgIpc) is 2.34. The third-order valence-corrected chi connectivity index (χ3v) is 2.93. The summed E-state index contributed by atoms with van der Waals surface area (Å²) >= 11 is 0. The maximum Gasteiger partial charge on any atom is 0.0543 e. The zero-order valence-electron chi connectivity index (χ0n) is 12.0. The molecule has 1 rings (SSSR count). The summed E-state index contributed by atoms with van der Waals surface area (Å²) in [5.41, 5.74) is 1.15. The monoisotopic (exact) mass is 249 g/mol. The number of nitrogens with one attached hydrogen (secondary N) is 1. The molecule has 1 aromatic heterocycles. The Bertz CT molecular complexity index is 298. The van der Waals surface area contributed by atoms with Crippen LogP contribution in [-0.4, -0.2) is 36.1 Å². The Hall–Kier alpha value is -0.930. The SMILES string of the molecule is CC(C)NCCCCCN(C)Cc1ccccn1. The van der Waals surface area contributed by atoms with Gasteiger partial charge in [-0.2, -0.15) is 0 Å². The Morgan fingerprint density at radius 3 is 2.72 bits per heavy atom. The molecule has 1 heterocycles. The van der Waals surface area contributed by atoms with Crippen LogP contribution in [0.5, 0.6) is 0 Å². The third kappa shape index (κ3) is 7.41. The van der Waals surface area contributed by atoms with Crippen molar-refractivity contribution in [2.45, 2.75) is 45.7 Å². The molecular weight excluding hydrogens is 222 g/mol. The van der Waals surface area contributed by atoms with Crippen molar-refractivity contribution >= 4 is 0 Å². The molecular formula is C15H27N3. The maximum atomic E-state index is 4.34. The molecule has 1 N–H and O–H groups in total. The molecule has 0 bridgehead atoms. The summed E-state index contributed by atoms with van der Waals surface area (Å²) < 4.78 is 0. The lowest BCUT2D eigenvalue weighted by atomic mass is 10.2. The lowest BCUT2D eigenvalue weighted by molar-refractivity contribution is 0.313. The van der Waals surface area contributed by atoms with Gasteiger partial charge < -0.3 is 10.2 Å². The van der Waals surface area contributed by atoms with Crippen LogP contribution in [0.2, 0.25) is 0 Å². The second-order valence-electron chi connectivity index (χ2n) is 5.23. The van der Waals surface area contributed by atoms with Crippen LogP contribution in [0.1, 0.15) is 38.8 Å². The van der Waals surface area contributed by atoms with Crippen LogP contribution in [-0.2, 0) is 6.54 Å². The largest absolute Gasteiger partial charge is 0.315 e. The Morgan fingerprint density at radius 1 is 1.22 bits per heavy atom. The van der Waals surface area contributed by atoms with E-state index in [1.165, 1.54) is 19.3 Å². The van der Waals surface area contributed by atoms with E-state index in [1.807, 2.05) is 18.3 Å². The summed E-state index contributed by atoms with van der Waals surface area (Å²) in [6.45, 7) is 7.63. The number of aromatic nitrogens is 1. The zero-order chi connectivity index (χ0) is 13.2. The molecule has 3 nitrogen and oxygen atoms in total. The molecule has 0 spiro atoms. The van der Waals surface area contributed by atoms with Gasteiger partial charge in [0.15, 0.2) is 0 Å². The van der Waals surface area contributed by atoms with Crippen LogP contribution in [0.3, 0.4) is 0 Å². The first-order chi connectivity index (χ1) is 8.68. The van der Waals surface area contributed by atoms with Crippen molar-refractivity contribution in [3.05, 3.63) is 30.1 Å². The van der Waals surface area contributed by atoms with E-state index in [0.29, 0.717) is 6.04 Å². The maximum absolute atomic E-state index is 4.34. The molecule has 0 aromatic carbocycles. The molecule has 18 heavy (non-hydrogen) atoms. The predicted molar refractivity (Wildman–Crippen MR) is 77.6 cm³/mol. The summed E-state index contributed by atoms with van der Waals surface area (Å²) in [6.07, 6.45) is 5.70. The number of hydrogen-bond acceptors (Lipinski definition) is 3. The minimum atomic E-state index is 0.608. The minimum absolute atomic E-state index is 0.608. The molecule has 0 fully saturated rings. The fraction of sp³-hybridized carbons (Fsp3) is 0.667. The van der Waals surface area contributed by atoms with Gasteiger partial charge >= 0.3 is 0 Å². The van der Waals surface area contributed by atoms with Crippen molar-refractivity contribution in [1.29, 1.82) is 0 Å². The van der Waals surface area contributed by atoms with Crippen LogP contribution in [0.15, 0.2) is 24.4 Å². The van der Waals surface area contributed by atoms with Gasteiger partial charge in [-0.1, -0.05) is 26.3 Å². The van der Waals surface area contributed by atoms with Crippen LogP contribution in [0.4, 0.5) is 0 Å². The summed E-state index contributed by atoms with van der Waals surface area (Å²) in [6, 6.07) is 6.71. The first kappa shape index (κ1) is 15.1. The molecule has 0 saturated heterocycles. The van der Waals surface area contributed by atoms with Gasteiger partial charge in [0, 0.05) is 18.8 Å². The summed E-state index contributed by atoms with van der Waals surface area (Å²) in [5.74, 6) is 0. The van der Waals surface area contributed by atoms with E-state index in [9.17, 15) is 0 Å².